The van der Waals surface area contributed by atoms with Crippen molar-refractivity contribution in [2.75, 3.05) is 39.4 Å². The second-order valence-electron chi connectivity index (χ2n) is 5.40. The molecule has 3 rings (SSSR count). The maximum Gasteiger partial charge on any atom is 0.266 e. The predicted octanol–water partition coefficient (Wildman–Crippen LogP) is 2.01. The standard InChI is InChI=1S/C16H19N3O2S2/c20-15-14(12-13-4-1-2-5-17-13)23-16(22)19(15)7-3-6-18-8-10-21-11-9-18/h1-2,4-5,12H,3,6-11H2/b14-12-. The average Bonchev–Trinajstić information content (AvgIpc) is 2.84. The third kappa shape index (κ3) is 4.38. The fraction of sp³-hybridized carbons (Fsp3) is 0.438. The molecule has 0 radical (unpaired) electrons. The van der Waals surface area contributed by atoms with Crippen molar-refractivity contribution in [3.05, 3.63) is 35.0 Å². The molecule has 2 saturated heterocycles. The molecule has 2 fully saturated rings. The van der Waals surface area contributed by atoms with Crippen molar-refractivity contribution in [3.63, 3.8) is 0 Å². The van der Waals surface area contributed by atoms with E-state index in [9.17, 15) is 4.79 Å². The van der Waals surface area contributed by atoms with Gasteiger partial charge in [0.05, 0.1) is 23.8 Å². The van der Waals surface area contributed by atoms with Gasteiger partial charge in [-0.1, -0.05) is 30.0 Å². The predicted molar refractivity (Wildman–Crippen MR) is 96.0 cm³/mol. The van der Waals surface area contributed by atoms with Gasteiger partial charge in [-0.05, 0) is 24.6 Å². The lowest BCUT2D eigenvalue weighted by Gasteiger charge is -2.27. The van der Waals surface area contributed by atoms with Crippen molar-refractivity contribution < 1.29 is 9.53 Å². The van der Waals surface area contributed by atoms with E-state index in [1.165, 1.54) is 11.8 Å². The largest absolute Gasteiger partial charge is 0.379 e. The van der Waals surface area contributed by atoms with Gasteiger partial charge in [0.2, 0.25) is 0 Å². The topological polar surface area (TPSA) is 45.7 Å². The minimum absolute atomic E-state index is 0.00682. The smallest absolute Gasteiger partial charge is 0.266 e. The lowest BCUT2D eigenvalue weighted by atomic mass is 10.3. The zero-order chi connectivity index (χ0) is 16.1. The van der Waals surface area contributed by atoms with E-state index in [2.05, 4.69) is 9.88 Å². The molecule has 2 aliphatic rings. The van der Waals surface area contributed by atoms with Crippen LogP contribution >= 0.6 is 24.0 Å². The van der Waals surface area contributed by atoms with Gasteiger partial charge in [0, 0.05) is 32.4 Å². The number of thiocarbonyl (C=S) groups is 1. The van der Waals surface area contributed by atoms with Crippen molar-refractivity contribution in [3.8, 4) is 0 Å². The molecular formula is C16H19N3O2S2. The Kier molecular flexibility index (Phi) is 5.77. The van der Waals surface area contributed by atoms with Crippen LogP contribution in [0.1, 0.15) is 12.1 Å². The molecule has 1 amide bonds. The van der Waals surface area contributed by atoms with Gasteiger partial charge in [0.15, 0.2) is 0 Å². The van der Waals surface area contributed by atoms with E-state index in [4.69, 9.17) is 17.0 Å². The van der Waals surface area contributed by atoms with Crippen LogP contribution in [0.15, 0.2) is 29.3 Å². The number of aromatic nitrogens is 1. The number of pyridine rings is 1. The van der Waals surface area contributed by atoms with Crippen LogP contribution in [0.25, 0.3) is 6.08 Å². The molecule has 0 aliphatic carbocycles. The van der Waals surface area contributed by atoms with E-state index < -0.39 is 0 Å². The van der Waals surface area contributed by atoms with Crippen LogP contribution in [0.5, 0.6) is 0 Å². The van der Waals surface area contributed by atoms with Crippen LogP contribution in [-0.2, 0) is 9.53 Å². The molecule has 7 heteroatoms. The van der Waals surface area contributed by atoms with Gasteiger partial charge in [0.1, 0.15) is 4.32 Å². The molecule has 23 heavy (non-hydrogen) atoms. The van der Waals surface area contributed by atoms with Gasteiger partial charge in [-0.15, -0.1) is 0 Å². The summed E-state index contributed by atoms with van der Waals surface area (Å²) in [7, 11) is 0. The summed E-state index contributed by atoms with van der Waals surface area (Å²) in [6.07, 6.45) is 4.44. The molecule has 0 atom stereocenters. The highest BCUT2D eigenvalue weighted by molar-refractivity contribution is 8.26. The summed E-state index contributed by atoms with van der Waals surface area (Å²) < 4.78 is 5.98. The number of hydrogen-bond donors (Lipinski definition) is 0. The first-order valence-electron chi connectivity index (χ1n) is 7.70. The minimum Gasteiger partial charge on any atom is -0.379 e. The second-order valence-corrected chi connectivity index (χ2v) is 7.07. The first-order chi connectivity index (χ1) is 11.2. The number of carbonyl (C=O) groups excluding carboxylic acids is 1. The van der Waals surface area contributed by atoms with Gasteiger partial charge in [-0.25, -0.2) is 0 Å². The molecule has 0 N–H and O–H groups in total. The van der Waals surface area contributed by atoms with Crippen LogP contribution in [0.3, 0.4) is 0 Å². The van der Waals surface area contributed by atoms with E-state index >= 15 is 0 Å². The second kappa shape index (κ2) is 8.01. The van der Waals surface area contributed by atoms with E-state index in [-0.39, 0.29) is 5.91 Å². The summed E-state index contributed by atoms with van der Waals surface area (Å²) >= 11 is 6.71. The Hall–Kier alpha value is -1.28. The summed E-state index contributed by atoms with van der Waals surface area (Å²) in [4.78, 5) is 21.4. The molecular weight excluding hydrogens is 330 g/mol. The summed E-state index contributed by atoms with van der Waals surface area (Å²) in [5.74, 6) is -0.00682. The van der Waals surface area contributed by atoms with Crippen LogP contribution in [0.2, 0.25) is 0 Å². The van der Waals surface area contributed by atoms with E-state index in [1.807, 2.05) is 18.2 Å². The molecule has 0 bridgehead atoms. The maximum atomic E-state index is 12.5. The normalized spacial score (nSPS) is 21.4. The van der Waals surface area contributed by atoms with E-state index in [0.29, 0.717) is 15.8 Å². The Balaban J connectivity index is 1.55. The number of thioether (sulfide) groups is 1. The molecule has 3 heterocycles. The van der Waals surface area contributed by atoms with Crippen LogP contribution < -0.4 is 0 Å². The zero-order valence-electron chi connectivity index (χ0n) is 12.8. The quantitative estimate of drug-likeness (QED) is 0.599. The summed E-state index contributed by atoms with van der Waals surface area (Å²) in [6.45, 7) is 5.18. The third-order valence-electron chi connectivity index (χ3n) is 3.80. The van der Waals surface area contributed by atoms with Crippen LogP contribution in [0.4, 0.5) is 0 Å². The number of ether oxygens (including phenoxy) is 1. The Morgan fingerprint density at radius 3 is 2.87 bits per heavy atom. The fourth-order valence-electron chi connectivity index (χ4n) is 2.57. The molecule has 0 unspecified atom stereocenters. The number of morpholine rings is 1. The molecule has 1 aromatic heterocycles. The average molecular weight is 349 g/mol. The Morgan fingerprint density at radius 2 is 2.13 bits per heavy atom. The van der Waals surface area contributed by atoms with Gasteiger partial charge < -0.3 is 4.74 Å². The highest BCUT2D eigenvalue weighted by atomic mass is 32.2. The Morgan fingerprint density at radius 1 is 1.30 bits per heavy atom. The molecule has 1 aromatic rings. The van der Waals surface area contributed by atoms with E-state index in [1.54, 1.807) is 17.2 Å². The Labute approximate surface area is 145 Å². The lowest BCUT2D eigenvalue weighted by molar-refractivity contribution is -0.122. The van der Waals surface area contributed by atoms with Crippen molar-refractivity contribution in [1.29, 1.82) is 0 Å². The highest BCUT2D eigenvalue weighted by Gasteiger charge is 2.31. The first kappa shape index (κ1) is 16.6. The van der Waals surface area contributed by atoms with Gasteiger partial charge in [0.25, 0.3) is 5.91 Å². The zero-order valence-corrected chi connectivity index (χ0v) is 14.4. The molecule has 0 saturated carbocycles. The number of rotatable bonds is 5. The molecule has 5 nitrogen and oxygen atoms in total. The first-order valence-corrected chi connectivity index (χ1v) is 8.93. The number of nitrogens with zero attached hydrogens (tertiary/aromatic N) is 3. The summed E-state index contributed by atoms with van der Waals surface area (Å²) in [5.41, 5.74) is 0.779. The fourth-order valence-corrected chi connectivity index (χ4v) is 3.86. The Bertz CT molecular complexity index is 601. The monoisotopic (exact) mass is 349 g/mol. The molecule has 2 aliphatic heterocycles. The van der Waals surface area contributed by atoms with Gasteiger partial charge >= 0.3 is 0 Å². The molecule has 0 aromatic carbocycles. The van der Waals surface area contributed by atoms with E-state index in [0.717, 1.165) is 45.0 Å². The van der Waals surface area contributed by atoms with Crippen molar-refractivity contribution in [2.24, 2.45) is 0 Å². The number of amides is 1. The van der Waals surface area contributed by atoms with Gasteiger partial charge in [-0.2, -0.15) is 0 Å². The lowest BCUT2D eigenvalue weighted by Crippen LogP contribution is -2.38. The minimum atomic E-state index is -0.00682. The number of hydrogen-bond acceptors (Lipinski definition) is 6. The maximum absolute atomic E-state index is 12.5. The third-order valence-corrected chi connectivity index (χ3v) is 5.18. The van der Waals surface area contributed by atoms with Crippen LogP contribution in [-0.4, -0.2) is 64.4 Å². The van der Waals surface area contributed by atoms with Crippen LogP contribution in [0, 0.1) is 0 Å². The molecule has 122 valence electrons. The summed E-state index contributed by atoms with van der Waals surface area (Å²) in [6, 6.07) is 5.64. The van der Waals surface area contributed by atoms with Crippen molar-refractivity contribution in [1.82, 2.24) is 14.8 Å². The summed E-state index contributed by atoms with van der Waals surface area (Å²) in [5, 5.41) is 0. The highest BCUT2D eigenvalue weighted by Crippen LogP contribution is 2.32. The van der Waals surface area contributed by atoms with Crippen molar-refractivity contribution in [2.45, 2.75) is 6.42 Å². The SMILES string of the molecule is O=C1/C(=C/c2ccccn2)SC(=S)N1CCCN1CCOCC1. The van der Waals surface area contributed by atoms with Gasteiger partial charge in [-0.3, -0.25) is 19.6 Å². The number of carbonyl (C=O) groups is 1. The molecule has 0 spiro atoms. The van der Waals surface area contributed by atoms with Crippen molar-refractivity contribution >= 4 is 40.3 Å².